The van der Waals surface area contributed by atoms with Gasteiger partial charge in [0.25, 0.3) is 0 Å². The molecule has 0 aliphatic carbocycles. The van der Waals surface area contributed by atoms with Crippen LogP contribution in [0.3, 0.4) is 0 Å². The minimum absolute atomic E-state index is 0.0784. The van der Waals surface area contributed by atoms with E-state index in [-0.39, 0.29) is 12.6 Å². The summed E-state index contributed by atoms with van der Waals surface area (Å²) in [5, 5.41) is 31.2. The maximum Gasteiger partial charge on any atom is 0.161 e. The number of pyridine rings is 2. The van der Waals surface area contributed by atoms with Crippen molar-refractivity contribution in [2.75, 3.05) is 11.9 Å². The number of fused-ring (bicyclic) bond motifs is 1. The van der Waals surface area contributed by atoms with E-state index in [1.807, 2.05) is 38.1 Å². The van der Waals surface area contributed by atoms with Gasteiger partial charge in [0.05, 0.1) is 41.5 Å². The summed E-state index contributed by atoms with van der Waals surface area (Å²) >= 11 is 0. The van der Waals surface area contributed by atoms with Crippen LogP contribution in [0.25, 0.3) is 22.5 Å². The van der Waals surface area contributed by atoms with E-state index >= 15 is 0 Å². The molecule has 4 heterocycles. The first-order valence-electron chi connectivity index (χ1n) is 12.1. The molecule has 0 bridgehead atoms. The second-order valence-corrected chi connectivity index (χ2v) is 9.65. The summed E-state index contributed by atoms with van der Waals surface area (Å²) in [4.78, 5) is 8.47. The first-order chi connectivity index (χ1) is 18.6. The zero-order valence-electron chi connectivity index (χ0n) is 22.1. The van der Waals surface area contributed by atoms with E-state index in [1.165, 1.54) is 17.1 Å². The second-order valence-electron chi connectivity index (χ2n) is 9.65. The van der Waals surface area contributed by atoms with Crippen molar-refractivity contribution in [3.05, 3.63) is 78.3 Å². The lowest BCUT2D eigenvalue weighted by Crippen LogP contribution is -2.27. The third-order valence-corrected chi connectivity index (χ3v) is 5.86. The molecule has 4 rings (SSSR count). The Morgan fingerprint density at radius 2 is 2.08 bits per heavy atom. The van der Waals surface area contributed by atoms with Gasteiger partial charge in [0, 0.05) is 23.4 Å². The van der Waals surface area contributed by atoms with E-state index in [1.54, 1.807) is 36.8 Å². The summed E-state index contributed by atoms with van der Waals surface area (Å²) in [6, 6.07) is 7.66. The van der Waals surface area contributed by atoms with Crippen LogP contribution in [0.5, 0.6) is 5.75 Å². The first-order valence-corrected chi connectivity index (χ1v) is 12.1. The van der Waals surface area contributed by atoms with Gasteiger partial charge in [-0.1, -0.05) is 11.6 Å². The number of nitrogens with zero attached hydrogens (tertiary/aromatic N) is 7. The molecule has 0 saturated carbocycles. The molecule has 200 valence electrons. The fourth-order valence-corrected chi connectivity index (χ4v) is 3.69. The van der Waals surface area contributed by atoms with E-state index in [4.69, 9.17) is 4.74 Å². The fraction of sp³-hybridized carbons (Fsp3) is 0.250. The highest BCUT2D eigenvalue weighted by molar-refractivity contribution is 5.85. The zero-order chi connectivity index (χ0) is 28.2. The normalized spacial score (nSPS) is 13.3. The number of halogens is 1. The van der Waals surface area contributed by atoms with Crippen LogP contribution in [0.1, 0.15) is 33.3 Å². The fourth-order valence-electron chi connectivity index (χ4n) is 3.69. The Bertz CT molecular complexity index is 1590. The molecule has 0 amide bonds. The van der Waals surface area contributed by atoms with Gasteiger partial charge in [-0.25, -0.2) is 23.6 Å². The monoisotopic (exact) mass is 528 g/mol. The average molecular weight is 529 g/mol. The smallest absolute Gasteiger partial charge is 0.161 e. The van der Waals surface area contributed by atoms with E-state index in [0.717, 1.165) is 22.9 Å². The SMILES string of the molecule is C=N/C(=C\C=C(/C)C(C)Nc1ccc(-c2cc(OCC(C)(C)O)cn3ncc(C#N)c23)cn1)n1cc(F)cn1. The first kappa shape index (κ1) is 27.2. The van der Waals surface area contributed by atoms with Crippen LogP contribution in [-0.4, -0.2) is 54.5 Å². The molecular formula is C28H29FN8O2. The average Bonchev–Trinajstić information content (AvgIpc) is 3.53. The summed E-state index contributed by atoms with van der Waals surface area (Å²) in [6.45, 7) is 10.9. The molecule has 0 radical (unpaired) electrons. The summed E-state index contributed by atoms with van der Waals surface area (Å²) in [6.07, 6.45) is 10.8. The standard InChI is InChI=1S/C28H29FN8O2/c1-18(6-9-26(31-5)36-15-22(29)14-34-36)19(2)35-25-8-7-20(12-32-25)24-10-23(39-17-28(3,4)38)16-37-27(24)21(11-30)13-33-37/h6-10,12-16,19,38H,5,17H2,1-4H3,(H,32,35)/b18-6+,26-9+. The summed E-state index contributed by atoms with van der Waals surface area (Å²) in [7, 11) is 0. The Hall–Kier alpha value is -4.82. The lowest BCUT2D eigenvalue weighted by Gasteiger charge is -2.18. The highest BCUT2D eigenvalue weighted by atomic mass is 19.1. The molecule has 0 spiro atoms. The van der Waals surface area contributed by atoms with E-state index in [0.29, 0.717) is 28.5 Å². The molecule has 39 heavy (non-hydrogen) atoms. The van der Waals surface area contributed by atoms with Crippen LogP contribution >= 0.6 is 0 Å². The van der Waals surface area contributed by atoms with Crippen molar-refractivity contribution in [3.8, 4) is 22.9 Å². The lowest BCUT2D eigenvalue weighted by atomic mass is 10.0. The molecule has 0 aliphatic heterocycles. The Morgan fingerprint density at radius 3 is 2.69 bits per heavy atom. The molecule has 0 saturated heterocycles. The van der Waals surface area contributed by atoms with Crippen molar-refractivity contribution in [2.24, 2.45) is 4.99 Å². The molecule has 0 aliphatic rings. The zero-order valence-corrected chi connectivity index (χ0v) is 22.1. The number of ether oxygens (including phenoxy) is 1. The van der Waals surface area contributed by atoms with Gasteiger partial charge in [0.2, 0.25) is 0 Å². The van der Waals surface area contributed by atoms with Gasteiger partial charge in [-0.2, -0.15) is 15.5 Å². The maximum atomic E-state index is 13.3. The minimum Gasteiger partial charge on any atom is -0.489 e. The Morgan fingerprint density at radius 1 is 1.28 bits per heavy atom. The molecule has 0 aromatic carbocycles. The topological polar surface area (TPSA) is 126 Å². The largest absolute Gasteiger partial charge is 0.489 e. The number of nitrogens with one attached hydrogen (secondary N) is 1. The number of aliphatic imine (C=N–C) groups is 1. The number of nitriles is 1. The number of hydrogen-bond donors (Lipinski definition) is 2. The summed E-state index contributed by atoms with van der Waals surface area (Å²) < 4.78 is 22.0. The van der Waals surface area contributed by atoms with Crippen molar-refractivity contribution in [1.29, 1.82) is 5.26 Å². The predicted octanol–water partition coefficient (Wildman–Crippen LogP) is 4.70. The highest BCUT2D eigenvalue weighted by Gasteiger charge is 2.17. The van der Waals surface area contributed by atoms with Gasteiger partial charge in [-0.3, -0.25) is 0 Å². The quantitative estimate of drug-likeness (QED) is 0.226. The van der Waals surface area contributed by atoms with Gasteiger partial charge >= 0.3 is 0 Å². The predicted molar refractivity (Wildman–Crippen MR) is 148 cm³/mol. The molecule has 2 N–H and O–H groups in total. The van der Waals surface area contributed by atoms with Gasteiger partial charge < -0.3 is 15.2 Å². The Kier molecular flexibility index (Phi) is 7.88. The third-order valence-electron chi connectivity index (χ3n) is 5.86. The van der Waals surface area contributed by atoms with Crippen LogP contribution in [0.4, 0.5) is 10.2 Å². The van der Waals surface area contributed by atoms with Crippen molar-refractivity contribution in [2.45, 2.75) is 39.3 Å². The van der Waals surface area contributed by atoms with Gasteiger partial charge in [-0.05, 0) is 58.7 Å². The molecule has 4 aromatic rings. The number of anilines is 1. The van der Waals surface area contributed by atoms with Gasteiger partial charge in [0.1, 0.15) is 24.2 Å². The van der Waals surface area contributed by atoms with Crippen LogP contribution < -0.4 is 10.1 Å². The third kappa shape index (κ3) is 6.55. The van der Waals surface area contributed by atoms with Crippen LogP contribution in [0.2, 0.25) is 0 Å². The molecule has 0 fully saturated rings. The maximum absolute atomic E-state index is 13.3. The second kappa shape index (κ2) is 11.3. The van der Waals surface area contributed by atoms with E-state index in [2.05, 4.69) is 38.3 Å². The molecule has 11 heteroatoms. The minimum atomic E-state index is -1.01. The van der Waals surface area contributed by atoms with Crippen molar-refractivity contribution < 1.29 is 14.2 Å². The number of aliphatic hydroxyl groups is 1. The number of aromatic nitrogens is 5. The van der Waals surface area contributed by atoms with Crippen molar-refractivity contribution in [3.63, 3.8) is 0 Å². The molecule has 1 atom stereocenters. The van der Waals surface area contributed by atoms with Crippen molar-refractivity contribution >= 4 is 23.9 Å². The lowest BCUT2D eigenvalue weighted by molar-refractivity contribution is 0.0283. The van der Waals surface area contributed by atoms with Crippen LogP contribution in [-0.2, 0) is 0 Å². The summed E-state index contributed by atoms with van der Waals surface area (Å²) in [5.41, 5.74) is 2.53. The number of rotatable bonds is 10. The van der Waals surface area contributed by atoms with Crippen molar-refractivity contribution in [1.82, 2.24) is 24.4 Å². The molecule has 10 nitrogen and oxygen atoms in total. The number of hydrogen-bond acceptors (Lipinski definition) is 8. The Labute approximate surface area is 225 Å². The highest BCUT2D eigenvalue weighted by Crippen LogP contribution is 2.31. The Balaban J connectivity index is 1.55. The van der Waals surface area contributed by atoms with Crippen LogP contribution in [0, 0.1) is 17.1 Å². The van der Waals surface area contributed by atoms with E-state index in [9.17, 15) is 14.8 Å². The number of allylic oxidation sites excluding steroid dienone is 2. The molecule has 4 aromatic heterocycles. The molecular weight excluding hydrogens is 499 g/mol. The van der Waals surface area contributed by atoms with E-state index < -0.39 is 11.4 Å². The van der Waals surface area contributed by atoms with Crippen LogP contribution in [0.15, 0.2) is 71.9 Å². The molecule has 1 unspecified atom stereocenters. The summed E-state index contributed by atoms with van der Waals surface area (Å²) in [5.74, 6) is 1.09. The van der Waals surface area contributed by atoms with Gasteiger partial charge in [0.15, 0.2) is 11.6 Å². The van der Waals surface area contributed by atoms with Gasteiger partial charge in [-0.15, -0.1) is 0 Å².